The Morgan fingerprint density at radius 3 is 2.50 bits per heavy atom. The van der Waals surface area contributed by atoms with Crippen molar-refractivity contribution in [1.29, 1.82) is 0 Å². The van der Waals surface area contributed by atoms with Crippen molar-refractivity contribution >= 4 is 5.57 Å². The zero-order chi connectivity index (χ0) is 15.7. The molecule has 1 aromatic carbocycles. The molecule has 3 heteroatoms. The predicted octanol–water partition coefficient (Wildman–Crippen LogP) is 4.87. The molecule has 0 radical (unpaired) electrons. The molecular weight excluding hydrogens is 282 g/mol. The largest absolute Gasteiger partial charge is 0.393 e. The number of hydrogen-bond acceptors (Lipinski definition) is 1. The Morgan fingerprint density at radius 2 is 1.86 bits per heavy atom. The summed E-state index contributed by atoms with van der Waals surface area (Å²) in [4.78, 5) is 0. The van der Waals surface area contributed by atoms with Crippen LogP contribution in [0.25, 0.3) is 5.57 Å². The maximum Gasteiger partial charge on any atom is 0.166 e. The number of halogens is 2. The first-order valence-electron chi connectivity index (χ1n) is 8.01. The molecule has 3 rings (SSSR count). The summed E-state index contributed by atoms with van der Waals surface area (Å²) < 4.78 is 27.3. The summed E-state index contributed by atoms with van der Waals surface area (Å²) in [6.45, 7) is 2.22. The quantitative estimate of drug-likeness (QED) is 0.827. The first-order valence-corrected chi connectivity index (χ1v) is 8.01. The fourth-order valence-electron chi connectivity index (χ4n) is 3.71. The molecule has 1 fully saturated rings. The van der Waals surface area contributed by atoms with E-state index in [4.69, 9.17) is 0 Å². The van der Waals surface area contributed by atoms with Crippen LogP contribution in [0.5, 0.6) is 0 Å². The van der Waals surface area contributed by atoms with Gasteiger partial charge in [-0.1, -0.05) is 37.3 Å². The molecule has 118 valence electrons. The highest BCUT2D eigenvalue weighted by atomic mass is 19.2. The average molecular weight is 304 g/mol. The number of aliphatic hydroxyl groups excluding tert-OH is 1. The molecule has 1 atom stereocenters. The zero-order valence-corrected chi connectivity index (χ0v) is 12.9. The minimum absolute atomic E-state index is 0.0490. The monoisotopic (exact) mass is 304 g/mol. The van der Waals surface area contributed by atoms with E-state index >= 15 is 0 Å². The van der Waals surface area contributed by atoms with Crippen molar-refractivity contribution in [1.82, 2.24) is 0 Å². The van der Waals surface area contributed by atoms with Crippen LogP contribution in [0.3, 0.4) is 0 Å². The van der Waals surface area contributed by atoms with Gasteiger partial charge in [0.05, 0.1) is 6.10 Å². The maximum atomic E-state index is 13.9. The van der Waals surface area contributed by atoms with Crippen LogP contribution in [0.4, 0.5) is 8.78 Å². The van der Waals surface area contributed by atoms with Crippen molar-refractivity contribution in [2.24, 2.45) is 11.3 Å². The third-order valence-electron chi connectivity index (χ3n) is 5.30. The third kappa shape index (κ3) is 2.87. The molecule has 2 aliphatic carbocycles. The van der Waals surface area contributed by atoms with Crippen LogP contribution < -0.4 is 0 Å². The molecule has 0 aliphatic heterocycles. The summed E-state index contributed by atoms with van der Waals surface area (Å²) in [5.74, 6) is -1.04. The first-order chi connectivity index (χ1) is 10.5. The second-order valence-corrected chi connectivity index (χ2v) is 6.81. The summed E-state index contributed by atoms with van der Waals surface area (Å²) in [5.41, 5.74) is 1.13. The van der Waals surface area contributed by atoms with Gasteiger partial charge in [-0.2, -0.15) is 0 Å². The lowest BCUT2D eigenvalue weighted by Crippen LogP contribution is -2.31. The van der Waals surface area contributed by atoms with E-state index in [1.54, 1.807) is 12.1 Å². The second kappa shape index (κ2) is 5.96. The van der Waals surface area contributed by atoms with Gasteiger partial charge >= 0.3 is 0 Å². The summed E-state index contributed by atoms with van der Waals surface area (Å²) >= 11 is 0. The molecule has 1 saturated carbocycles. The lowest BCUT2D eigenvalue weighted by atomic mass is 9.66. The molecule has 1 nitrogen and oxygen atoms in total. The highest BCUT2D eigenvalue weighted by Gasteiger charge is 2.35. The van der Waals surface area contributed by atoms with Gasteiger partial charge in [0, 0.05) is 5.56 Å². The highest BCUT2D eigenvalue weighted by Crippen LogP contribution is 2.45. The molecule has 0 saturated heterocycles. The predicted molar refractivity (Wildman–Crippen MR) is 84.2 cm³/mol. The SMILES string of the molecule is CC1(C2CCC(O)CC2)C=CC(c2cccc(F)c2F)=CC1. The fourth-order valence-corrected chi connectivity index (χ4v) is 3.71. The fraction of sp³-hybridized carbons (Fsp3) is 0.474. The van der Waals surface area contributed by atoms with Crippen molar-refractivity contribution < 1.29 is 13.9 Å². The number of allylic oxidation sites excluding steroid dienone is 4. The molecule has 1 unspecified atom stereocenters. The van der Waals surface area contributed by atoms with Gasteiger partial charge in [-0.3, -0.25) is 0 Å². The molecule has 0 bridgehead atoms. The molecule has 22 heavy (non-hydrogen) atoms. The van der Waals surface area contributed by atoms with Crippen LogP contribution in [0.1, 0.15) is 44.6 Å². The summed E-state index contributed by atoms with van der Waals surface area (Å²) in [5, 5.41) is 9.65. The topological polar surface area (TPSA) is 20.2 Å². The Bertz CT molecular complexity index is 612. The lowest BCUT2D eigenvalue weighted by Gasteiger charge is -2.40. The number of rotatable bonds is 2. The van der Waals surface area contributed by atoms with Crippen LogP contribution in [-0.2, 0) is 0 Å². The maximum absolute atomic E-state index is 13.9. The van der Waals surface area contributed by atoms with Crippen molar-refractivity contribution in [2.75, 3.05) is 0 Å². The molecule has 1 aromatic rings. The van der Waals surface area contributed by atoms with Gasteiger partial charge in [-0.15, -0.1) is 0 Å². The minimum Gasteiger partial charge on any atom is -0.393 e. The van der Waals surface area contributed by atoms with Gasteiger partial charge < -0.3 is 5.11 Å². The lowest BCUT2D eigenvalue weighted by molar-refractivity contribution is 0.0763. The van der Waals surface area contributed by atoms with Gasteiger partial charge in [0.1, 0.15) is 0 Å². The molecule has 0 amide bonds. The van der Waals surface area contributed by atoms with Crippen molar-refractivity contribution in [3.8, 4) is 0 Å². The van der Waals surface area contributed by atoms with Crippen LogP contribution in [0.15, 0.2) is 36.4 Å². The smallest absolute Gasteiger partial charge is 0.166 e. The van der Waals surface area contributed by atoms with E-state index in [0.717, 1.165) is 43.7 Å². The van der Waals surface area contributed by atoms with Crippen molar-refractivity contribution in [3.63, 3.8) is 0 Å². The average Bonchev–Trinajstić information content (AvgIpc) is 2.52. The van der Waals surface area contributed by atoms with Crippen molar-refractivity contribution in [3.05, 3.63) is 53.6 Å². The Hall–Kier alpha value is -1.48. The van der Waals surface area contributed by atoms with E-state index in [1.165, 1.54) is 0 Å². The van der Waals surface area contributed by atoms with Gasteiger partial charge in [0.25, 0.3) is 0 Å². The standard InChI is InChI=1S/C19H22F2O/c1-19(14-5-7-15(22)8-6-14)11-9-13(10-12-19)16-3-2-4-17(20)18(16)21/h2-4,9-11,14-15,22H,5-8,12H2,1H3. The van der Waals surface area contributed by atoms with E-state index in [-0.39, 0.29) is 11.5 Å². The van der Waals surface area contributed by atoms with Crippen LogP contribution in [0, 0.1) is 23.0 Å². The molecule has 1 N–H and O–H groups in total. The Kier molecular flexibility index (Phi) is 4.18. The normalized spacial score (nSPS) is 31.9. The first kappa shape index (κ1) is 15.4. The van der Waals surface area contributed by atoms with Crippen LogP contribution in [-0.4, -0.2) is 11.2 Å². The Morgan fingerprint density at radius 1 is 1.14 bits per heavy atom. The van der Waals surface area contributed by atoms with Gasteiger partial charge in [0.2, 0.25) is 0 Å². The van der Waals surface area contributed by atoms with Crippen molar-refractivity contribution in [2.45, 2.75) is 45.1 Å². The Labute approximate surface area is 130 Å². The number of benzene rings is 1. The summed E-state index contributed by atoms with van der Waals surface area (Å²) in [6.07, 6.45) is 10.5. The van der Waals surface area contributed by atoms with E-state index in [2.05, 4.69) is 13.0 Å². The van der Waals surface area contributed by atoms with Crippen LogP contribution >= 0.6 is 0 Å². The molecule has 0 spiro atoms. The summed E-state index contributed by atoms with van der Waals surface area (Å²) in [6, 6.07) is 4.30. The molecular formula is C19H22F2O. The highest BCUT2D eigenvalue weighted by molar-refractivity contribution is 5.75. The number of aliphatic hydroxyl groups is 1. The molecule has 0 aromatic heterocycles. The summed E-state index contributed by atoms with van der Waals surface area (Å²) in [7, 11) is 0. The third-order valence-corrected chi connectivity index (χ3v) is 5.30. The van der Waals surface area contributed by atoms with E-state index in [0.29, 0.717) is 11.5 Å². The van der Waals surface area contributed by atoms with Crippen LogP contribution in [0.2, 0.25) is 0 Å². The van der Waals surface area contributed by atoms with Gasteiger partial charge in [-0.25, -0.2) is 8.78 Å². The molecule has 2 aliphatic rings. The minimum atomic E-state index is -0.804. The zero-order valence-electron chi connectivity index (χ0n) is 12.9. The van der Waals surface area contributed by atoms with E-state index < -0.39 is 11.6 Å². The van der Waals surface area contributed by atoms with Gasteiger partial charge in [-0.05, 0) is 55.1 Å². The Balaban J connectivity index is 1.77. The van der Waals surface area contributed by atoms with E-state index in [1.807, 2.05) is 12.2 Å². The van der Waals surface area contributed by atoms with E-state index in [9.17, 15) is 13.9 Å². The molecule has 0 heterocycles. The van der Waals surface area contributed by atoms with Gasteiger partial charge in [0.15, 0.2) is 11.6 Å². The second-order valence-electron chi connectivity index (χ2n) is 6.81. The number of hydrogen-bond donors (Lipinski definition) is 1.